The Morgan fingerprint density at radius 2 is 1.90 bits per heavy atom. The monoisotopic (exact) mass is 273 g/mol. The summed E-state index contributed by atoms with van der Waals surface area (Å²) in [5.74, 6) is 0.623. The van der Waals surface area contributed by atoms with Crippen LogP contribution in [0.1, 0.15) is 32.6 Å². The van der Waals surface area contributed by atoms with E-state index in [1.807, 2.05) is 24.5 Å². The van der Waals surface area contributed by atoms with E-state index in [1.54, 1.807) is 0 Å². The van der Waals surface area contributed by atoms with Gasteiger partial charge in [-0.25, -0.2) is 0 Å². The van der Waals surface area contributed by atoms with Crippen LogP contribution in [-0.4, -0.2) is 41.5 Å². The van der Waals surface area contributed by atoms with Crippen LogP contribution in [0.15, 0.2) is 24.5 Å². The molecule has 20 heavy (non-hydrogen) atoms. The van der Waals surface area contributed by atoms with E-state index in [-0.39, 0.29) is 5.92 Å². The number of anilines is 1. The smallest absolute Gasteiger partial charge is 0.226 e. The zero-order valence-electron chi connectivity index (χ0n) is 12.2. The Morgan fingerprint density at radius 1 is 1.25 bits per heavy atom. The number of rotatable bonds is 4. The van der Waals surface area contributed by atoms with Crippen LogP contribution in [0.2, 0.25) is 0 Å². The van der Waals surface area contributed by atoms with E-state index >= 15 is 0 Å². The third-order valence-corrected chi connectivity index (χ3v) is 4.48. The van der Waals surface area contributed by atoms with Gasteiger partial charge in [0.15, 0.2) is 0 Å². The van der Waals surface area contributed by atoms with E-state index in [2.05, 4.69) is 21.7 Å². The Labute approximate surface area is 120 Å². The minimum Gasteiger partial charge on any atom is -0.371 e. The molecule has 1 amide bonds. The van der Waals surface area contributed by atoms with Crippen LogP contribution < -0.4 is 4.90 Å². The van der Waals surface area contributed by atoms with E-state index in [1.165, 1.54) is 18.5 Å². The third-order valence-electron chi connectivity index (χ3n) is 4.48. The number of amides is 1. The van der Waals surface area contributed by atoms with Gasteiger partial charge in [-0.3, -0.25) is 9.78 Å². The molecule has 0 bridgehead atoms. The van der Waals surface area contributed by atoms with Gasteiger partial charge in [0.2, 0.25) is 5.91 Å². The Bertz CT molecular complexity index is 450. The quantitative estimate of drug-likeness (QED) is 0.844. The van der Waals surface area contributed by atoms with Gasteiger partial charge in [0, 0.05) is 49.7 Å². The summed E-state index contributed by atoms with van der Waals surface area (Å²) in [6, 6.07) is 4.64. The molecule has 0 N–H and O–H groups in total. The lowest BCUT2D eigenvalue weighted by Crippen LogP contribution is -2.43. The van der Waals surface area contributed by atoms with Crippen LogP contribution in [-0.2, 0) is 4.79 Å². The number of hydrogen-bond acceptors (Lipinski definition) is 3. The van der Waals surface area contributed by atoms with Gasteiger partial charge in [-0.1, -0.05) is 0 Å². The Kier molecular flexibility index (Phi) is 3.90. The highest BCUT2D eigenvalue weighted by Gasteiger charge is 2.35. The largest absolute Gasteiger partial charge is 0.371 e. The van der Waals surface area contributed by atoms with Crippen molar-refractivity contribution < 1.29 is 4.79 Å². The normalized spacial score (nSPS) is 19.9. The highest BCUT2D eigenvalue weighted by molar-refractivity contribution is 5.79. The maximum Gasteiger partial charge on any atom is 0.226 e. The fraction of sp³-hybridized carbons (Fsp3) is 0.625. The molecule has 1 saturated heterocycles. The van der Waals surface area contributed by atoms with Crippen molar-refractivity contribution in [1.82, 2.24) is 9.88 Å². The highest BCUT2D eigenvalue weighted by Crippen LogP contribution is 2.30. The molecule has 108 valence electrons. The van der Waals surface area contributed by atoms with Gasteiger partial charge in [-0.15, -0.1) is 0 Å². The third kappa shape index (κ3) is 2.79. The molecule has 2 heterocycles. The van der Waals surface area contributed by atoms with Crippen molar-refractivity contribution in [2.24, 2.45) is 5.92 Å². The summed E-state index contributed by atoms with van der Waals surface area (Å²) in [5, 5.41) is 0. The summed E-state index contributed by atoms with van der Waals surface area (Å²) >= 11 is 0. The number of carbonyl (C=O) groups excluding carboxylic acids is 1. The second-order valence-corrected chi connectivity index (χ2v) is 5.82. The van der Waals surface area contributed by atoms with Crippen molar-refractivity contribution in [2.45, 2.75) is 38.6 Å². The second-order valence-electron chi connectivity index (χ2n) is 5.82. The number of hydrogen-bond donors (Lipinski definition) is 0. The van der Waals surface area contributed by atoms with Crippen LogP contribution in [0.25, 0.3) is 0 Å². The number of nitrogens with zero attached hydrogens (tertiary/aromatic N) is 3. The van der Waals surface area contributed by atoms with E-state index in [9.17, 15) is 4.79 Å². The summed E-state index contributed by atoms with van der Waals surface area (Å²) < 4.78 is 0. The number of pyridine rings is 1. The van der Waals surface area contributed by atoms with Gasteiger partial charge in [0.25, 0.3) is 0 Å². The van der Waals surface area contributed by atoms with E-state index < -0.39 is 0 Å². The highest BCUT2D eigenvalue weighted by atomic mass is 16.2. The minimum absolute atomic E-state index is 0.230. The molecule has 4 heteroatoms. The predicted octanol–water partition coefficient (Wildman–Crippen LogP) is 2.31. The molecular weight excluding hydrogens is 250 g/mol. The summed E-state index contributed by atoms with van der Waals surface area (Å²) in [5.41, 5.74) is 1.22. The first-order valence-electron chi connectivity index (χ1n) is 7.75. The average Bonchev–Trinajstić information content (AvgIpc) is 3.34. The molecule has 1 aliphatic heterocycles. The first-order valence-corrected chi connectivity index (χ1v) is 7.75. The Morgan fingerprint density at radius 3 is 2.45 bits per heavy atom. The molecule has 1 saturated carbocycles. The van der Waals surface area contributed by atoms with Crippen molar-refractivity contribution in [3.8, 4) is 0 Å². The van der Waals surface area contributed by atoms with E-state index in [0.717, 1.165) is 32.5 Å². The first kappa shape index (κ1) is 13.4. The van der Waals surface area contributed by atoms with E-state index in [4.69, 9.17) is 0 Å². The molecule has 2 aliphatic rings. The van der Waals surface area contributed by atoms with Crippen LogP contribution in [0, 0.1) is 5.92 Å². The topological polar surface area (TPSA) is 36.4 Å². The van der Waals surface area contributed by atoms with Crippen molar-refractivity contribution in [2.75, 3.05) is 24.5 Å². The molecule has 2 fully saturated rings. The van der Waals surface area contributed by atoms with Gasteiger partial charge < -0.3 is 9.80 Å². The second kappa shape index (κ2) is 5.81. The molecule has 0 atom stereocenters. The average molecular weight is 273 g/mol. The standard InChI is InChI=1S/C16H23N3O/c1-2-19(15-3-4-15)16(20)13-7-11-18(12-8-13)14-5-9-17-10-6-14/h5-6,9-10,13,15H,2-4,7-8,11-12H2,1H3. The van der Waals surface area contributed by atoms with E-state index in [0.29, 0.717) is 11.9 Å². The SMILES string of the molecule is CCN(C(=O)C1CCN(c2ccncc2)CC1)C1CC1. The fourth-order valence-corrected chi connectivity index (χ4v) is 3.15. The first-order chi connectivity index (χ1) is 9.79. The predicted molar refractivity (Wildman–Crippen MR) is 79.6 cm³/mol. The summed E-state index contributed by atoms with van der Waals surface area (Å²) in [6.45, 7) is 4.92. The fourth-order valence-electron chi connectivity index (χ4n) is 3.15. The molecule has 1 aromatic heterocycles. The van der Waals surface area contributed by atoms with Crippen molar-refractivity contribution in [1.29, 1.82) is 0 Å². The Balaban J connectivity index is 1.57. The van der Waals surface area contributed by atoms with Gasteiger partial charge >= 0.3 is 0 Å². The number of aromatic nitrogens is 1. The van der Waals surface area contributed by atoms with Crippen molar-refractivity contribution >= 4 is 11.6 Å². The molecule has 3 rings (SSSR count). The Hall–Kier alpha value is -1.58. The molecule has 4 nitrogen and oxygen atoms in total. The van der Waals surface area contributed by atoms with Gasteiger partial charge in [-0.05, 0) is 44.7 Å². The molecule has 0 radical (unpaired) electrons. The summed E-state index contributed by atoms with van der Waals surface area (Å²) in [4.78, 5) is 21.1. The van der Waals surface area contributed by atoms with Gasteiger partial charge in [-0.2, -0.15) is 0 Å². The lowest BCUT2D eigenvalue weighted by molar-refractivity contribution is -0.136. The molecule has 1 aromatic rings. The van der Waals surface area contributed by atoms with Crippen LogP contribution in [0.5, 0.6) is 0 Å². The maximum atomic E-state index is 12.6. The van der Waals surface area contributed by atoms with Crippen LogP contribution in [0.3, 0.4) is 0 Å². The maximum absolute atomic E-state index is 12.6. The number of carbonyl (C=O) groups is 1. The molecule has 0 spiro atoms. The zero-order chi connectivity index (χ0) is 13.9. The zero-order valence-corrected chi connectivity index (χ0v) is 12.2. The van der Waals surface area contributed by atoms with Crippen LogP contribution >= 0.6 is 0 Å². The lowest BCUT2D eigenvalue weighted by atomic mass is 9.95. The van der Waals surface area contributed by atoms with Gasteiger partial charge in [0.05, 0.1) is 0 Å². The molecule has 0 aromatic carbocycles. The lowest BCUT2D eigenvalue weighted by Gasteiger charge is -2.35. The molecule has 1 aliphatic carbocycles. The van der Waals surface area contributed by atoms with Crippen LogP contribution in [0.4, 0.5) is 5.69 Å². The summed E-state index contributed by atoms with van der Waals surface area (Å²) in [6.07, 6.45) is 8.02. The molecule has 0 unspecified atom stereocenters. The van der Waals surface area contributed by atoms with Gasteiger partial charge in [0.1, 0.15) is 0 Å². The minimum atomic E-state index is 0.230. The summed E-state index contributed by atoms with van der Waals surface area (Å²) in [7, 11) is 0. The number of piperidine rings is 1. The molecular formula is C16H23N3O. The van der Waals surface area contributed by atoms with Crippen molar-refractivity contribution in [3.63, 3.8) is 0 Å². The van der Waals surface area contributed by atoms with Crippen molar-refractivity contribution in [3.05, 3.63) is 24.5 Å².